The fourth-order valence-electron chi connectivity index (χ4n) is 5.11. The SMILES string of the molecule is CCN1c2ncccc2C(=O)NC12CCN(C(=O)CCc1c(C)nn(CC)c1C)CC2. The van der Waals surface area contributed by atoms with Crippen molar-refractivity contribution < 1.29 is 9.59 Å². The number of hydrogen-bond donors (Lipinski definition) is 1. The van der Waals surface area contributed by atoms with Crippen LogP contribution >= 0.6 is 0 Å². The highest BCUT2D eigenvalue weighted by Gasteiger charge is 2.46. The molecule has 0 bridgehead atoms. The molecule has 0 aromatic carbocycles. The van der Waals surface area contributed by atoms with Gasteiger partial charge in [-0.2, -0.15) is 5.10 Å². The highest BCUT2D eigenvalue weighted by molar-refractivity contribution is 6.01. The lowest BCUT2D eigenvalue weighted by Gasteiger charge is -2.51. The summed E-state index contributed by atoms with van der Waals surface area (Å²) < 4.78 is 2.00. The van der Waals surface area contributed by atoms with Crippen molar-refractivity contribution in [1.82, 2.24) is 25.0 Å². The van der Waals surface area contributed by atoms with E-state index in [1.807, 2.05) is 22.6 Å². The van der Waals surface area contributed by atoms with Crippen LogP contribution in [0.1, 0.15) is 60.4 Å². The summed E-state index contributed by atoms with van der Waals surface area (Å²) in [5.41, 5.74) is 3.49. The van der Waals surface area contributed by atoms with Gasteiger partial charge >= 0.3 is 0 Å². The van der Waals surface area contributed by atoms with Gasteiger partial charge in [-0.3, -0.25) is 14.3 Å². The van der Waals surface area contributed by atoms with Crippen LogP contribution in [0.5, 0.6) is 0 Å². The Bertz CT molecular complexity index is 990. The number of amides is 2. The molecule has 2 aliphatic rings. The Morgan fingerprint density at radius 1 is 1.19 bits per heavy atom. The zero-order valence-electron chi connectivity index (χ0n) is 18.9. The van der Waals surface area contributed by atoms with Crippen LogP contribution in [0.2, 0.25) is 0 Å². The van der Waals surface area contributed by atoms with Crippen molar-refractivity contribution in [3.8, 4) is 0 Å². The lowest BCUT2D eigenvalue weighted by atomic mass is 9.91. The maximum Gasteiger partial charge on any atom is 0.256 e. The zero-order chi connectivity index (χ0) is 22.2. The lowest BCUT2D eigenvalue weighted by Crippen LogP contribution is -2.68. The van der Waals surface area contributed by atoms with Gasteiger partial charge in [-0.1, -0.05) is 0 Å². The van der Waals surface area contributed by atoms with E-state index in [0.29, 0.717) is 44.3 Å². The molecule has 0 atom stereocenters. The van der Waals surface area contributed by atoms with Gasteiger partial charge in [0.05, 0.1) is 11.3 Å². The summed E-state index contributed by atoms with van der Waals surface area (Å²) in [6.07, 6.45) is 4.32. The number of piperidine rings is 1. The second kappa shape index (κ2) is 8.32. The first kappa shape index (κ1) is 21.3. The van der Waals surface area contributed by atoms with Crippen molar-refractivity contribution in [3.63, 3.8) is 0 Å². The van der Waals surface area contributed by atoms with Crippen LogP contribution in [0.15, 0.2) is 18.3 Å². The van der Waals surface area contributed by atoms with Crippen LogP contribution in [0.25, 0.3) is 0 Å². The van der Waals surface area contributed by atoms with Gasteiger partial charge in [-0.25, -0.2) is 4.98 Å². The van der Waals surface area contributed by atoms with Crippen LogP contribution in [-0.4, -0.2) is 56.8 Å². The van der Waals surface area contributed by atoms with E-state index in [4.69, 9.17) is 0 Å². The van der Waals surface area contributed by atoms with Gasteiger partial charge in [0.1, 0.15) is 11.5 Å². The fraction of sp³-hybridized carbons (Fsp3) is 0.565. The Balaban J connectivity index is 1.42. The number of hydrogen-bond acceptors (Lipinski definition) is 5. The average molecular weight is 425 g/mol. The third kappa shape index (κ3) is 3.68. The quantitative estimate of drug-likeness (QED) is 0.797. The van der Waals surface area contributed by atoms with Crippen molar-refractivity contribution in [2.75, 3.05) is 24.5 Å². The summed E-state index contributed by atoms with van der Waals surface area (Å²) >= 11 is 0. The maximum atomic E-state index is 12.9. The summed E-state index contributed by atoms with van der Waals surface area (Å²) in [6.45, 7) is 11.1. The molecule has 0 radical (unpaired) electrons. The molecule has 4 heterocycles. The minimum absolute atomic E-state index is 0.0773. The molecule has 4 rings (SSSR count). The number of aryl methyl sites for hydroxylation is 2. The molecule has 1 saturated heterocycles. The van der Waals surface area contributed by atoms with Gasteiger partial charge in [-0.05, 0) is 51.8 Å². The van der Waals surface area contributed by atoms with E-state index >= 15 is 0 Å². The topological polar surface area (TPSA) is 83.4 Å². The molecule has 0 aliphatic carbocycles. The fourth-order valence-corrected chi connectivity index (χ4v) is 5.11. The van der Waals surface area contributed by atoms with E-state index in [1.165, 1.54) is 5.56 Å². The lowest BCUT2D eigenvalue weighted by molar-refractivity contribution is -0.132. The van der Waals surface area contributed by atoms with Gasteiger partial charge < -0.3 is 15.1 Å². The third-order valence-electron chi connectivity index (χ3n) is 6.83. The number of fused-ring (bicyclic) bond motifs is 1. The number of carbonyl (C=O) groups excluding carboxylic acids is 2. The first-order chi connectivity index (χ1) is 14.9. The van der Waals surface area contributed by atoms with Gasteiger partial charge in [0.25, 0.3) is 5.91 Å². The first-order valence-corrected chi connectivity index (χ1v) is 11.3. The molecule has 8 nitrogen and oxygen atoms in total. The number of rotatable bonds is 5. The van der Waals surface area contributed by atoms with Gasteiger partial charge in [0.2, 0.25) is 5.91 Å². The maximum absolute atomic E-state index is 12.9. The molecule has 0 unspecified atom stereocenters. The Morgan fingerprint density at radius 3 is 2.58 bits per heavy atom. The Hall–Kier alpha value is -2.90. The summed E-state index contributed by atoms with van der Waals surface area (Å²) in [4.78, 5) is 34.3. The summed E-state index contributed by atoms with van der Waals surface area (Å²) in [5.74, 6) is 0.834. The monoisotopic (exact) mass is 424 g/mol. The zero-order valence-corrected chi connectivity index (χ0v) is 18.9. The van der Waals surface area contributed by atoms with Crippen molar-refractivity contribution in [2.45, 2.75) is 65.6 Å². The minimum atomic E-state index is -0.473. The van der Waals surface area contributed by atoms with Crippen molar-refractivity contribution in [2.24, 2.45) is 0 Å². The molecule has 2 aromatic heterocycles. The Morgan fingerprint density at radius 2 is 1.94 bits per heavy atom. The molecule has 2 aromatic rings. The van der Waals surface area contributed by atoms with Crippen molar-refractivity contribution in [1.29, 1.82) is 0 Å². The second-order valence-corrected chi connectivity index (χ2v) is 8.45. The molecule has 166 valence electrons. The predicted molar refractivity (Wildman–Crippen MR) is 119 cm³/mol. The molecule has 8 heteroatoms. The normalized spacial score (nSPS) is 17.6. The standard InChI is InChI=1S/C23H32N6O2/c1-5-28-21-19(8-7-13-24-21)22(31)25-23(28)11-14-27(15-12-23)20(30)10-9-18-16(3)26-29(6-2)17(18)4/h7-8,13H,5-6,9-12,14-15H2,1-4H3,(H,25,31). The number of pyridine rings is 1. The number of aromatic nitrogens is 3. The van der Waals surface area contributed by atoms with E-state index in [0.717, 1.165) is 30.3 Å². The molecular weight excluding hydrogens is 392 g/mol. The van der Waals surface area contributed by atoms with Crippen LogP contribution in [0, 0.1) is 13.8 Å². The van der Waals surface area contributed by atoms with E-state index in [1.54, 1.807) is 12.3 Å². The summed E-state index contributed by atoms with van der Waals surface area (Å²) in [7, 11) is 0. The van der Waals surface area contributed by atoms with E-state index in [2.05, 4.69) is 41.1 Å². The summed E-state index contributed by atoms with van der Waals surface area (Å²) in [5, 5.41) is 7.79. The van der Waals surface area contributed by atoms with Gasteiger partial charge in [0, 0.05) is 57.3 Å². The van der Waals surface area contributed by atoms with Crippen LogP contribution in [0.4, 0.5) is 5.82 Å². The average Bonchev–Trinajstić information content (AvgIpc) is 3.05. The van der Waals surface area contributed by atoms with Crippen molar-refractivity contribution in [3.05, 3.63) is 40.8 Å². The highest BCUT2D eigenvalue weighted by Crippen LogP contribution is 2.36. The van der Waals surface area contributed by atoms with Gasteiger partial charge in [-0.15, -0.1) is 0 Å². The van der Waals surface area contributed by atoms with Crippen LogP contribution < -0.4 is 10.2 Å². The van der Waals surface area contributed by atoms with E-state index < -0.39 is 5.66 Å². The highest BCUT2D eigenvalue weighted by atomic mass is 16.2. The smallest absolute Gasteiger partial charge is 0.256 e. The molecule has 2 amide bonds. The molecule has 1 spiro atoms. The van der Waals surface area contributed by atoms with Crippen molar-refractivity contribution >= 4 is 17.6 Å². The number of nitrogens with one attached hydrogen (secondary N) is 1. The largest absolute Gasteiger partial charge is 0.342 e. The number of carbonyl (C=O) groups is 2. The number of nitrogens with zero attached hydrogens (tertiary/aromatic N) is 5. The van der Waals surface area contributed by atoms with Crippen LogP contribution in [0.3, 0.4) is 0 Å². The Kier molecular flexibility index (Phi) is 5.73. The molecule has 1 N–H and O–H groups in total. The molecule has 2 aliphatic heterocycles. The minimum Gasteiger partial charge on any atom is -0.342 e. The van der Waals surface area contributed by atoms with E-state index in [-0.39, 0.29) is 11.8 Å². The predicted octanol–water partition coefficient (Wildman–Crippen LogP) is 2.44. The first-order valence-electron chi connectivity index (χ1n) is 11.3. The Labute approximate surface area is 183 Å². The summed E-state index contributed by atoms with van der Waals surface area (Å²) in [6, 6.07) is 3.61. The number of likely N-dealkylation sites (tertiary alicyclic amines) is 1. The molecule has 1 fully saturated rings. The second-order valence-electron chi connectivity index (χ2n) is 8.45. The van der Waals surface area contributed by atoms with Crippen LogP contribution in [-0.2, 0) is 17.8 Å². The molecule has 0 saturated carbocycles. The molecular formula is C23H32N6O2. The third-order valence-corrected chi connectivity index (χ3v) is 6.83. The van der Waals surface area contributed by atoms with E-state index in [9.17, 15) is 9.59 Å². The molecule has 31 heavy (non-hydrogen) atoms. The number of anilines is 1. The van der Waals surface area contributed by atoms with Gasteiger partial charge in [0.15, 0.2) is 0 Å².